The van der Waals surface area contributed by atoms with Gasteiger partial charge in [0, 0.05) is 20.3 Å². The summed E-state index contributed by atoms with van der Waals surface area (Å²) in [7, 11) is -2.22. The lowest BCUT2D eigenvalue weighted by molar-refractivity contribution is 0.196. The molecule has 0 spiro atoms. The number of hydrogen-bond acceptors (Lipinski definition) is 3. The van der Waals surface area contributed by atoms with Crippen molar-refractivity contribution in [2.75, 3.05) is 20.3 Å². The Morgan fingerprint density at radius 2 is 2.06 bits per heavy atom. The third kappa shape index (κ3) is 3.55. The summed E-state index contributed by atoms with van der Waals surface area (Å²) in [6.07, 6.45) is 0.546. The number of ether oxygens (including phenoxy) is 1. The van der Waals surface area contributed by atoms with Crippen molar-refractivity contribution in [3.63, 3.8) is 0 Å². The Kier molecular flexibility index (Phi) is 4.85. The molecule has 0 saturated carbocycles. The summed E-state index contributed by atoms with van der Waals surface area (Å²) >= 11 is 0. The topological polar surface area (TPSA) is 55.4 Å². The lowest BCUT2D eigenvalue weighted by Crippen LogP contribution is -2.26. The van der Waals surface area contributed by atoms with Crippen LogP contribution in [-0.2, 0) is 14.8 Å². The molecule has 6 heteroatoms. The van der Waals surface area contributed by atoms with Crippen LogP contribution in [0, 0.1) is 5.82 Å². The van der Waals surface area contributed by atoms with Crippen molar-refractivity contribution in [1.82, 2.24) is 4.72 Å². The van der Waals surface area contributed by atoms with E-state index in [1.807, 2.05) is 0 Å². The lowest BCUT2D eigenvalue weighted by atomic mass is 10.4. The van der Waals surface area contributed by atoms with Crippen molar-refractivity contribution in [2.24, 2.45) is 0 Å². The van der Waals surface area contributed by atoms with Gasteiger partial charge in [-0.05, 0) is 18.6 Å². The second-order valence-electron chi connectivity index (χ2n) is 3.17. The zero-order chi connectivity index (χ0) is 12.0. The van der Waals surface area contributed by atoms with Gasteiger partial charge in [-0.1, -0.05) is 12.1 Å². The summed E-state index contributed by atoms with van der Waals surface area (Å²) in [5.41, 5.74) is 0. The van der Waals surface area contributed by atoms with E-state index in [0.717, 1.165) is 6.07 Å². The van der Waals surface area contributed by atoms with E-state index in [0.29, 0.717) is 13.0 Å². The molecule has 1 rings (SSSR count). The Morgan fingerprint density at radius 1 is 1.38 bits per heavy atom. The molecule has 0 amide bonds. The van der Waals surface area contributed by atoms with Gasteiger partial charge < -0.3 is 4.74 Å². The molecule has 1 aromatic rings. The van der Waals surface area contributed by atoms with Crippen LogP contribution in [0.15, 0.2) is 29.2 Å². The first kappa shape index (κ1) is 13.1. The normalized spacial score (nSPS) is 11.6. The fourth-order valence-electron chi connectivity index (χ4n) is 1.16. The van der Waals surface area contributed by atoms with E-state index in [1.54, 1.807) is 0 Å². The van der Waals surface area contributed by atoms with Crippen LogP contribution in [0.5, 0.6) is 0 Å². The van der Waals surface area contributed by atoms with E-state index in [4.69, 9.17) is 4.74 Å². The molecule has 0 radical (unpaired) electrons. The third-order valence-electron chi connectivity index (χ3n) is 1.94. The molecule has 90 valence electrons. The highest BCUT2D eigenvalue weighted by Gasteiger charge is 2.17. The van der Waals surface area contributed by atoms with E-state index < -0.39 is 15.8 Å². The highest BCUT2D eigenvalue weighted by molar-refractivity contribution is 7.89. The Bertz CT molecular complexity index is 433. The second kappa shape index (κ2) is 5.93. The van der Waals surface area contributed by atoms with Gasteiger partial charge in [0.1, 0.15) is 10.7 Å². The van der Waals surface area contributed by atoms with Crippen molar-refractivity contribution in [2.45, 2.75) is 11.3 Å². The van der Waals surface area contributed by atoms with Gasteiger partial charge in [0.15, 0.2) is 0 Å². The maximum absolute atomic E-state index is 13.2. The summed E-state index contributed by atoms with van der Waals surface area (Å²) in [4.78, 5) is -0.326. The largest absolute Gasteiger partial charge is 0.385 e. The number of hydrogen-bond donors (Lipinski definition) is 1. The van der Waals surface area contributed by atoms with E-state index in [1.165, 1.54) is 25.3 Å². The first-order valence-electron chi connectivity index (χ1n) is 4.81. The minimum absolute atomic E-state index is 0.227. The molecule has 1 aromatic carbocycles. The molecule has 4 nitrogen and oxygen atoms in total. The van der Waals surface area contributed by atoms with Crippen LogP contribution in [0.4, 0.5) is 4.39 Å². The minimum atomic E-state index is -3.75. The molecular weight excluding hydrogens is 233 g/mol. The highest BCUT2D eigenvalue weighted by atomic mass is 32.2. The van der Waals surface area contributed by atoms with Crippen molar-refractivity contribution in [1.29, 1.82) is 0 Å². The van der Waals surface area contributed by atoms with Gasteiger partial charge in [-0.3, -0.25) is 0 Å². The molecule has 0 unspecified atom stereocenters. The number of halogens is 1. The third-order valence-corrected chi connectivity index (χ3v) is 3.44. The quantitative estimate of drug-likeness (QED) is 0.767. The van der Waals surface area contributed by atoms with Gasteiger partial charge in [0.25, 0.3) is 0 Å². The zero-order valence-corrected chi connectivity index (χ0v) is 9.76. The Morgan fingerprint density at radius 3 is 2.69 bits per heavy atom. The predicted octanol–water partition coefficient (Wildman–Crippen LogP) is 1.14. The summed E-state index contributed by atoms with van der Waals surface area (Å²) < 4.78 is 43.5. The lowest BCUT2D eigenvalue weighted by Gasteiger charge is -2.06. The molecular formula is C10H14FNO3S. The number of benzene rings is 1. The second-order valence-corrected chi connectivity index (χ2v) is 4.91. The number of methoxy groups -OCH3 is 1. The van der Waals surface area contributed by atoms with Gasteiger partial charge in [0.2, 0.25) is 10.0 Å². The summed E-state index contributed by atoms with van der Waals surface area (Å²) in [6, 6.07) is 5.27. The van der Waals surface area contributed by atoms with Crippen LogP contribution < -0.4 is 4.72 Å². The molecule has 0 saturated heterocycles. The average molecular weight is 247 g/mol. The molecule has 16 heavy (non-hydrogen) atoms. The molecule has 0 aliphatic heterocycles. The molecule has 0 aliphatic rings. The first-order chi connectivity index (χ1) is 7.58. The first-order valence-corrected chi connectivity index (χ1v) is 6.29. The van der Waals surface area contributed by atoms with Crippen molar-refractivity contribution in [3.05, 3.63) is 30.1 Å². The fraction of sp³-hybridized carbons (Fsp3) is 0.400. The van der Waals surface area contributed by atoms with Crippen molar-refractivity contribution < 1.29 is 17.5 Å². The molecule has 0 aliphatic carbocycles. The average Bonchev–Trinajstić information content (AvgIpc) is 2.25. The fourth-order valence-corrected chi connectivity index (χ4v) is 2.31. The van der Waals surface area contributed by atoms with Crippen molar-refractivity contribution in [3.8, 4) is 0 Å². The highest BCUT2D eigenvalue weighted by Crippen LogP contribution is 2.12. The van der Waals surface area contributed by atoms with E-state index in [-0.39, 0.29) is 11.4 Å². The molecule has 0 atom stereocenters. The van der Waals surface area contributed by atoms with Gasteiger partial charge >= 0.3 is 0 Å². The SMILES string of the molecule is COCCCNS(=O)(=O)c1ccccc1F. The van der Waals surface area contributed by atoms with Gasteiger partial charge in [0.05, 0.1) is 0 Å². The van der Waals surface area contributed by atoms with Crippen LogP contribution in [0.25, 0.3) is 0 Å². The van der Waals surface area contributed by atoms with Gasteiger partial charge in [-0.2, -0.15) is 0 Å². The monoisotopic (exact) mass is 247 g/mol. The van der Waals surface area contributed by atoms with E-state index >= 15 is 0 Å². The molecule has 1 N–H and O–H groups in total. The zero-order valence-electron chi connectivity index (χ0n) is 8.94. The Hall–Kier alpha value is -0.980. The Labute approximate surface area is 94.5 Å². The van der Waals surface area contributed by atoms with Crippen molar-refractivity contribution >= 4 is 10.0 Å². The Balaban J connectivity index is 2.68. The maximum atomic E-state index is 13.2. The smallest absolute Gasteiger partial charge is 0.243 e. The summed E-state index contributed by atoms with van der Waals surface area (Å²) in [6.45, 7) is 0.685. The van der Waals surface area contributed by atoms with Crippen LogP contribution in [0.1, 0.15) is 6.42 Å². The van der Waals surface area contributed by atoms with Crippen LogP contribution in [0.3, 0.4) is 0 Å². The molecule has 0 aromatic heterocycles. The predicted molar refractivity (Wildman–Crippen MR) is 58.1 cm³/mol. The maximum Gasteiger partial charge on any atom is 0.243 e. The van der Waals surface area contributed by atoms with E-state index in [2.05, 4.69) is 4.72 Å². The number of sulfonamides is 1. The van der Waals surface area contributed by atoms with Gasteiger partial charge in [-0.25, -0.2) is 17.5 Å². The standard InChI is InChI=1S/C10H14FNO3S/c1-15-8-4-7-12-16(13,14)10-6-3-2-5-9(10)11/h2-3,5-6,12H,4,7-8H2,1H3. The summed E-state index contributed by atoms with van der Waals surface area (Å²) in [5, 5.41) is 0. The minimum Gasteiger partial charge on any atom is -0.385 e. The van der Waals surface area contributed by atoms with Crippen LogP contribution in [-0.4, -0.2) is 28.7 Å². The molecule has 0 fully saturated rings. The molecule has 0 bridgehead atoms. The van der Waals surface area contributed by atoms with Crippen LogP contribution in [0.2, 0.25) is 0 Å². The molecule has 0 heterocycles. The number of rotatable bonds is 6. The van der Waals surface area contributed by atoms with Gasteiger partial charge in [-0.15, -0.1) is 0 Å². The van der Waals surface area contributed by atoms with Crippen LogP contribution >= 0.6 is 0 Å². The number of nitrogens with one attached hydrogen (secondary N) is 1. The van der Waals surface area contributed by atoms with E-state index in [9.17, 15) is 12.8 Å². The summed E-state index contributed by atoms with van der Waals surface area (Å²) in [5.74, 6) is -0.748.